The Morgan fingerprint density at radius 3 is 2.90 bits per heavy atom. The molecule has 2 aromatic heterocycles. The molecule has 5 nitrogen and oxygen atoms in total. The predicted molar refractivity (Wildman–Crippen MR) is 79.4 cm³/mol. The second kappa shape index (κ2) is 6.70. The van der Waals surface area contributed by atoms with E-state index in [1.807, 2.05) is 23.8 Å². The van der Waals surface area contributed by atoms with E-state index in [0.717, 1.165) is 23.9 Å². The minimum absolute atomic E-state index is 0.00102. The van der Waals surface area contributed by atoms with Gasteiger partial charge in [0.1, 0.15) is 5.65 Å². The maximum atomic E-state index is 10.1. The van der Waals surface area contributed by atoms with Crippen LogP contribution in [0.4, 0.5) is 0 Å². The monoisotopic (exact) mass is 276 g/mol. The van der Waals surface area contributed by atoms with Gasteiger partial charge in [0.15, 0.2) is 5.49 Å². The molecule has 0 aliphatic rings. The van der Waals surface area contributed by atoms with Crippen LogP contribution in [0.2, 0.25) is 0 Å². The van der Waals surface area contributed by atoms with Crippen molar-refractivity contribution in [2.24, 2.45) is 0 Å². The van der Waals surface area contributed by atoms with Crippen molar-refractivity contribution < 1.29 is 5.11 Å². The number of aromatic nitrogens is 3. The van der Waals surface area contributed by atoms with Crippen LogP contribution in [0.15, 0.2) is 18.6 Å². The second-order valence-corrected chi connectivity index (χ2v) is 5.40. The highest BCUT2D eigenvalue weighted by Gasteiger charge is 2.18. The van der Waals surface area contributed by atoms with Gasteiger partial charge in [-0.2, -0.15) is 0 Å². The summed E-state index contributed by atoms with van der Waals surface area (Å²) in [4.78, 5) is 7.28. The van der Waals surface area contributed by atoms with Crippen LogP contribution in [0.3, 0.4) is 0 Å². The van der Waals surface area contributed by atoms with Crippen LogP contribution in [0.1, 0.15) is 52.0 Å². The van der Waals surface area contributed by atoms with E-state index in [4.69, 9.17) is 5.41 Å². The Morgan fingerprint density at radius 2 is 2.20 bits per heavy atom. The van der Waals surface area contributed by atoms with Gasteiger partial charge in [-0.15, -0.1) is 0 Å². The van der Waals surface area contributed by atoms with Crippen LogP contribution >= 0.6 is 0 Å². The minimum atomic E-state index is -0.438. The number of hydrogen-bond donors (Lipinski definition) is 3. The van der Waals surface area contributed by atoms with Gasteiger partial charge in [-0.25, -0.2) is 4.98 Å². The first-order valence-electron chi connectivity index (χ1n) is 7.42. The first kappa shape index (κ1) is 14.8. The number of aromatic amines is 1. The molecule has 3 N–H and O–H groups in total. The highest BCUT2D eigenvalue weighted by molar-refractivity contribution is 5.74. The molecule has 110 valence electrons. The summed E-state index contributed by atoms with van der Waals surface area (Å²) in [5, 5.41) is 18.7. The quantitative estimate of drug-likeness (QED) is 0.680. The van der Waals surface area contributed by atoms with Crippen LogP contribution in [-0.2, 0) is 0 Å². The molecule has 0 aromatic carbocycles. The summed E-state index contributed by atoms with van der Waals surface area (Å²) in [5.74, 6) is 0. The summed E-state index contributed by atoms with van der Waals surface area (Å²) in [6.45, 7) is 4.02. The largest absolute Gasteiger partial charge is 0.391 e. The lowest BCUT2D eigenvalue weighted by Crippen LogP contribution is -2.24. The van der Waals surface area contributed by atoms with Crippen molar-refractivity contribution in [3.05, 3.63) is 24.1 Å². The molecule has 2 rings (SSSR count). The Balaban J connectivity index is 2.25. The molecule has 0 fully saturated rings. The van der Waals surface area contributed by atoms with Gasteiger partial charge in [0.05, 0.1) is 23.9 Å². The van der Waals surface area contributed by atoms with Crippen LogP contribution < -0.4 is 5.49 Å². The number of aliphatic hydroxyl groups is 1. The normalized spacial score (nSPS) is 14.6. The average Bonchev–Trinajstić information content (AvgIpc) is 2.90. The van der Waals surface area contributed by atoms with E-state index in [2.05, 4.69) is 16.9 Å². The van der Waals surface area contributed by atoms with Crippen molar-refractivity contribution in [3.63, 3.8) is 0 Å². The van der Waals surface area contributed by atoms with E-state index < -0.39 is 6.10 Å². The Morgan fingerprint density at radius 1 is 1.40 bits per heavy atom. The molecule has 5 heteroatoms. The zero-order chi connectivity index (χ0) is 14.5. The molecule has 0 saturated carbocycles. The Hall–Kier alpha value is -1.62. The molecular formula is C15H24N4O. The lowest BCUT2D eigenvalue weighted by molar-refractivity contribution is 0.124. The van der Waals surface area contributed by atoms with Crippen LogP contribution in [0, 0.1) is 5.41 Å². The van der Waals surface area contributed by atoms with E-state index >= 15 is 0 Å². The van der Waals surface area contributed by atoms with E-state index in [0.29, 0.717) is 0 Å². The number of nitrogens with zero attached hydrogens (tertiary/aromatic N) is 2. The van der Waals surface area contributed by atoms with Gasteiger partial charge in [-0.05, 0) is 19.4 Å². The fourth-order valence-corrected chi connectivity index (χ4v) is 2.66. The van der Waals surface area contributed by atoms with Gasteiger partial charge in [0, 0.05) is 6.20 Å². The van der Waals surface area contributed by atoms with Crippen molar-refractivity contribution in [1.29, 1.82) is 5.41 Å². The van der Waals surface area contributed by atoms with Crippen molar-refractivity contribution in [2.75, 3.05) is 0 Å². The van der Waals surface area contributed by atoms with Crippen molar-refractivity contribution in [3.8, 4) is 0 Å². The van der Waals surface area contributed by atoms with Gasteiger partial charge in [-0.1, -0.05) is 32.6 Å². The van der Waals surface area contributed by atoms with Gasteiger partial charge >= 0.3 is 0 Å². The SMILES string of the molecule is CCCCCCC(C(C)O)n1cnc(=N)c2cc[nH]c21. The lowest BCUT2D eigenvalue weighted by Gasteiger charge is -2.23. The number of unbranched alkanes of at least 4 members (excludes halogenated alkanes) is 3. The standard InChI is InChI=1S/C15H24N4O/c1-3-4-5-6-7-13(11(2)20)19-10-18-14(16)12-8-9-17-15(12)19/h8-11,13,16-17,20H,3-7H2,1-2H3. The highest BCUT2D eigenvalue weighted by Crippen LogP contribution is 2.23. The van der Waals surface area contributed by atoms with Crippen LogP contribution in [0.5, 0.6) is 0 Å². The molecule has 0 radical (unpaired) electrons. The second-order valence-electron chi connectivity index (χ2n) is 5.40. The molecule has 0 saturated heterocycles. The van der Waals surface area contributed by atoms with Crippen LogP contribution in [-0.4, -0.2) is 25.7 Å². The zero-order valence-corrected chi connectivity index (χ0v) is 12.3. The highest BCUT2D eigenvalue weighted by atomic mass is 16.3. The number of fused-ring (bicyclic) bond motifs is 1. The maximum Gasteiger partial charge on any atom is 0.157 e. The Kier molecular flexibility index (Phi) is 4.95. The fraction of sp³-hybridized carbons (Fsp3) is 0.600. The molecule has 0 amide bonds. The number of H-pyrrole nitrogens is 1. The molecule has 20 heavy (non-hydrogen) atoms. The fourth-order valence-electron chi connectivity index (χ4n) is 2.66. The molecule has 0 bridgehead atoms. The summed E-state index contributed by atoms with van der Waals surface area (Å²) in [7, 11) is 0. The first-order chi connectivity index (χ1) is 9.65. The molecule has 0 aliphatic carbocycles. The predicted octanol–water partition coefficient (Wildman–Crippen LogP) is 2.74. The minimum Gasteiger partial charge on any atom is -0.391 e. The van der Waals surface area contributed by atoms with Gasteiger partial charge < -0.3 is 14.7 Å². The van der Waals surface area contributed by atoms with E-state index in [9.17, 15) is 5.11 Å². The van der Waals surface area contributed by atoms with Gasteiger partial charge in [0.2, 0.25) is 0 Å². The van der Waals surface area contributed by atoms with Crippen LogP contribution in [0.25, 0.3) is 11.0 Å². The smallest absolute Gasteiger partial charge is 0.157 e. The lowest BCUT2D eigenvalue weighted by atomic mass is 10.0. The van der Waals surface area contributed by atoms with Crippen molar-refractivity contribution in [2.45, 2.75) is 58.1 Å². The summed E-state index contributed by atoms with van der Waals surface area (Å²) in [6.07, 6.45) is 8.71. The van der Waals surface area contributed by atoms with Crippen molar-refractivity contribution in [1.82, 2.24) is 14.5 Å². The molecule has 2 aromatic rings. The number of rotatable bonds is 7. The Bertz CT molecular complexity index is 599. The van der Waals surface area contributed by atoms with Gasteiger partial charge in [0.25, 0.3) is 0 Å². The van der Waals surface area contributed by atoms with Crippen molar-refractivity contribution >= 4 is 11.0 Å². The molecule has 2 unspecified atom stereocenters. The zero-order valence-electron chi connectivity index (χ0n) is 12.3. The van der Waals surface area contributed by atoms with Gasteiger partial charge in [-0.3, -0.25) is 5.41 Å². The number of nitrogens with one attached hydrogen (secondary N) is 2. The van der Waals surface area contributed by atoms with E-state index in [-0.39, 0.29) is 11.5 Å². The van der Waals surface area contributed by atoms with E-state index in [1.54, 1.807) is 6.33 Å². The third-order valence-electron chi connectivity index (χ3n) is 3.82. The maximum absolute atomic E-state index is 10.1. The first-order valence-corrected chi connectivity index (χ1v) is 7.42. The number of aliphatic hydroxyl groups excluding tert-OH is 1. The van der Waals surface area contributed by atoms with E-state index in [1.165, 1.54) is 19.3 Å². The molecule has 2 atom stereocenters. The summed E-state index contributed by atoms with van der Waals surface area (Å²) >= 11 is 0. The topological polar surface area (TPSA) is 77.7 Å². The molecule has 2 heterocycles. The summed E-state index contributed by atoms with van der Waals surface area (Å²) in [6, 6.07) is 1.86. The average molecular weight is 276 g/mol. The summed E-state index contributed by atoms with van der Waals surface area (Å²) in [5.41, 5.74) is 1.14. The third kappa shape index (κ3) is 3.10. The molecule has 0 aliphatic heterocycles. The number of hydrogen-bond acceptors (Lipinski definition) is 3. The summed E-state index contributed by atoms with van der Waals surface area (Å²) < 4.78 is 1.98. The third-order valence-corrected chi connectivity index (χ3v) is 3.82. The molecular weight excluding hydrogens is 252 g/mol. The Labute approximate surface area is 119 Å². The molecule has 0 spiro atoms.